The van der Waals surface area contributed by atoms with E-state index in [1.807, 2.05) is 31.2 Å². The number of hydrogen-bond donors (Lipinski definition) is 1. The molecular formula is C22H29NO4. The molecule has 1 saturated heterocycles. The van der Waals surface area contributed by atoms with Crippen LogP contribution in [0.1, 0.15) is 48.5 Å². The minimum atomic E-state index is -0.381. The molecule has 5 nitrogen and oxygen atoms in total. The molecule has 3 rings (SSSR count). The van der Waals surface area contributed by atoms with E-state index in [1.165, 1.54) is 0 Å². The van der Waals surface area contributed by atoms with E-state index in [-0.39, 0.29) is 23.2 Å². The fraction of sp³-hybridized carbons (Fsp3) is 0.545. The first kappa shape index (κ1) is 19.6. The lowest BCUT2D eigenvalue weighted by Gasteiger charge is -2.23. The average Bonchev–Trinajstić information content (AvgIpc) is 3.15. The predicted molar refractivity (Wildman–Crippen MR) is 103 cm³/mol. The Kier molecular flexibility index (Phi) is 6.32. The highest BCUT2D eigenvalue weighted by Gasteiger charge is 2.55. The summed E-state index contributed by atoms with van der Waals surface area (Å²) in [5.74, 6) is 0.150. The van der Waals surface area contributed by atoms with E-state index < -0.39 is 0 Å². The monoisotopic (exact) mass is 371 g/mol. The highest BCUT2D eigenvalue weighted by molar-refractivity contribution is 5.94. The summed E-state index contributed by atoms with van der Waals surface area (Å²) in [4.78, 5) is 24.5. The van der Waals surface area contributed by atoms with Gasteiger partial charge in [0.15, 0.2) is 0 Å². The van der Waals surface area contributed by atoms with Crippen LogP contribution in [0.25, 0.3) is 0 Å². The van der Waals surface area contributed by atoms with Crippen molar-refractivity contribution in [2.24, 2.45) is 11.3 Å². The third-order valence-corrected chi connectivity index (χ3v) is 5.74. The lowest BCUT2D eigenvalue weighted by molar-refractivity contribution is -0.146. The van der Waals surface area contributed by atoms with E-state index in [2.05, 4.69) is 11.9 Å². The number of carbonyl (C=O) groups excluding carboxylic acids is 2. The molecule has 1 aliphatic heterocycles. The molecule has 0 radical (unpaired) electrons. The van der Waals surface area contributed by atoms with Crippen molar-refractivity contribution in [2.45, 2.75) is 39.0 Å². The van der Waals surface area contributed by atoms with Crippen LogP contribution in [-0.4, -0.2) is 38.2 Å². The topological polar surface area (TPSA) is 64.6 Å². The molecule has 0 unspecified atom stereocenters. The Morgan fingerprint density at radius 1 is 1.37 bits per heavy atom. The average molecular weight is 371 g/mol. The molecule has 0 aromatic heterocycles. The number of esters is 1. The van der Waals surface area contributed by atoms with Crippen LogP contribution in [0.5, 0.6) is 0 Å². The van der Waals surface area contributed by atoms with Gasteiger partial charge in [0, 0.05) is 31.2 Å². The van der Waals surface area contributed by atoms with Crippen molar-refractivity contribution < 1.29 is 19.1 Å². The largest absolute Gasteiger partial charge is 0.465 e. The lowest BCUT2D eigenvalue weighted by Crippen LogP contribution is -2.29. The Labute approximate surface area is 161 Å². The first-order chi connectivity index (χ1) is 13.0. The van der Waals surface area contributed by atoms with E-state index in [9.17, 15) is 9.59 Å². The number of aryl methyl sites for hydroxylation is 1. The molecule has 2 aliphatic rings. The fourth-order valence-corrected chi connectivity index (χ4v) is 4.19. The molecule has 5 heteroatoms. The Morgan fingerprint density at radius 3 is 2.89 bits per heavy atom. The van der Waals surface area contributed by atoms with Gasteiger partial charge in [-0.1, -0.05) is 24.3 Å². The summed E-state index contributed by atoms with van der Waals surface area (Å²) in [5, 5.41) is 2.90. The number of hydrogen-bond acceptors (Lipinski definition) is 4. The molecule has 1 amide bonds. The maximum absolute atomic E-state index is 12.3. The zero-order chi connectivity index (χ0) is 19.3. The Bertz CT molecular complexity index is 697. The van der Waals surface area contributed by atoms with Crippen LogP contribution in [0, 0.1) is 11.3 Å². The molecule has 0 spiro atoms. The van der Waals surface area contributed by atoms with Crippen LogP contribution in [0.2, 0.25) is 0 Å². The standard InChI is InChI=1S/C22H29NO4/c1-3-26-12-4-11-23-20(24)18-7-5-17(6-8-18)9-10-22-14-16(2)13-19(22)15-27-21(22)25/h5-8,19H,2-4,9-15H2,1H3,(H,23,24)/t19-,22-/m1/s1. The summed E-state index contributed by atoms with van der Waals surface area (Å²) in [7, 11) is 0. The number of ether oxygens (including phenoxy) is 2. The first-order valence-corrected chi connectivity index (χ1v) is 9.84. The highest BCUT2D eigenvalue weighted by atomic mass is 16.5. The molecule has 146 valence electrons. The molecule has 0 bridgehead atoms. The molecule has 2 atom stereocenters. The van der Waals surface area contributed by atoms with Gasteiger partial charge >= 0.3 is 5.97 Å². The normalized spacial score (nSPS) is 24.0. The molecule has 1 saturated carbocycles. The van der Waals surface area contributed by atoms with Gasteiger partial charge in [-0.2, -0.15) is 0 Å². The minimum Gasteiger partial charge on any atom is -0.465 e. The fourth-order valence-electron chi connectivity index (χ4n) is 4.19. The van der Waals surface area contributed by atoms with Crippen molar-refractivity contribution in [2.75, 3.05) is 26.4 Å². The Balaban J connectivity index is 1.51. The number of carbonyl (C=O) groups is 2. The van der Waals surface area contributed by atoms with Gasteiger partial charge in [-0.3, -0.25) is 9.59 Å². The van der Waals surface area contributed by atoms with Crippen molar-refractivity contribution >= 4 is 11.9 Å². The van der Waals surface area contributed by atoms with E-state index >= 15 is 0 Å². The molecule has 1 heterocycles. The summed E-state index contributed by atoms with van der Waals surface area (Å²) in [6.45, 7) is 8.53. The van der Waals surface area contributed by atoms with Gasteiger partial charge in [0.25, 0.3) is 5.91 Å². The van der Waals surface area contributed by atoms with E-state index in [4.69, 9.17) is 9.47 Å². The van der Waals surface area contributed by atoms with Gasteiger partial charge in [0.05, 0.1) is 12.0 Å². The van der Waals surface area contributed by atoms with Gasteiger partial charge in [-0.25, -0.2) is 0 Å². The number of cyclic esters (lactones) is 1. The molecule has 1 N–H and O–H groups in total. The van der Waals surface area contributed by atoms with Gasteiger partial charge in [-0.15, -0.1) is 0 Å². The Morgan fingerprint density at radius 2 is 2.15 bits per heavy atom. The number of benzene rings is 1. The first-order valence-electron chi connectivity index (χ1n) is 9.84. The van der Waals surface area contributed by atoms with Crippen LogP contribution in [0.3, 0.4) is 0 Å². The summed E-state index contributed by atoms with van der Waals surface area (Å²) in [6.07, 6.45) is 4.03. The minimum absolute atomic E-state index is 0.0609. The van der Waals surface area contributed by atoms with Crippen molar-refractivity contribution in [3.05, 3.63) is 47.5 Å². The molecule has 1 aliphatic carbocycles. The quantitative estimate of drug-likeness (QED) is 0.411. The number of nitrogens with one attached hydrogen (secondary N) is 1. The zero-order valence-corrected chi connectivity index (χ0v) is 16.1. The second-order valence-electron chi connectivity index (χ2n) is 7.59. The third-order valence-electron chi connectivity index (χ3n) is 5.74. The van der Waals surface area contributed by atoms with E-state index in [0.29, 0.717) is 31.9 Å². The lowest BCUT2D eigenvalue weighted by atomic mass is 9.75. The van der Waals surface area contributed by atoms with Crippen LogP contribution >= 0.6 is 0 Å². The van der Waals surface area contributed by atoms with Gasteiger partial charge in [-0.05, 0) is 56.7 Å². The summed E-state index contributed by atoms with van der Waals surface area (Å²) in [6, 6.07) is 7.65. The highest BCUT2D eigenvalue weighted by Crippen LogP contribution is 2.53. The smallest absolute Gasteiger partial charge is 0.312 e. The maximum Gasteiger partial charge on any atom is 0.312 e. The predicted octanol–water partition coefficient (Wildman–Crippen LogP) is 3.29. The van der Waals surface area contributed by atoms with Gasteiger partial charge < -0.3 is 14.8 Å². The van der Waals surface area contributed by atoms with Crippen molar-refractivity contribution in [3.63, 3.8) is 0 Å². The summed E-state index contributed by atoms with van der Waals surface area (Å²) < 4.78 is 10.6. The van der Waals surface area contributed by atoms with Crippen LogP contribution in [0.15, 0.2) is 36.4 Å². The molecule has 1 aromatic carbocycles. The molecule has 1 aromatic rings. The maximum atomic E-state index is 12.3. The molecule has 27 heavy (non-hydrogen) atoms. The SMILES string of the molecule is C=C1C[C@@H]2COC(=O)[C@]2(CCc2ccc(C(=O)NCCCOCC)cc2)C1. The van der Waals surface area contributed by atoms with Crippen molar-refractivity contribution in [1.82, 2.24) is 5.32 Å². The zero-order valence-electron chi connectivity index (χ0n) is 16.1. The van der Waals surface area contributed by atoms with Gasteiger partial charge in [0.2, 0.25) is 0 Å². The number of fused-ring (bicyclic) bond motifs is 1. The second kappa shape index (κ2) is 8.70. The van der Waals surface area contributed by atoms with E-state index in [1.54, 1.807) is 0 Å². The third kappa shape index (κ3) is 4.41. The summed E-state index contributed by atoms with van der Waals surface area (Å²) in [5.41, 5.74) is 2.56. The number of amides is 1. The second-order valence-corrected chi connectivity index (χ2v) is 7.59. The van der Waals surface area contributed by atoms with E-state index in [0.717, 1.165) is 43.2 Å². The number of rotatable bonds is 9. The van der Waals surface area contributed by atoms with Crippen LogP contribution in [-0.2, 0) is 20.7 Å². The van der Waals surface area contributed by atoms with Crippen LogP contribution in [0.4, 0.5) is 0 Å². The van der Waals surface area contributed by atoms with Gasteiger partial charge in [0.1, 0.15) is 0 Å². The summed E-state index contributed by atoms with van der Waals surface area (Å²) >= 11 is 0. The van der Waals surface area contributed by atoms with Crippen molar-refractivity contribution in [3.8, 4) is 0 Å². The van der Waals surface area contributed by atoms with Crippen molar-refractivity contribution in [1.29, 1.82) is 0 Å². The molecular weight excluding hydrogens is 342 g/mol. The Hall–Kier alpha value is -2.14. The van der Waals surface area contributed by atoms with Crippen LogP contribution < -0.4 is 5.32 Å². The molecule has 2 fully saturated rings. The number of allylic oxidation sites excluding steroid dienone is 1.